The normalized spacial score (nSPS) is 17.0. The van der Waals surface area contributed by atoms with E-state index in [-0.39, 0.29) is 11.9 Å². The van der Waals surface area contributed by atoms with Gasteiger partial charge in [-0.15, -0.1) is 0 Å². The van der Waals surface area contributed by atoms with Crippen molar-refractivity contribution in [2.75, 3.05) is 10.6 Å². The summed E-state index contributed by atoms with van der Waals surface area (Å²) in [5.74, 6) is -0.0201. The number of hydrogen-bond acceptors (Lipinski definition) is 3. The van der Waals surface area contributed by atoms with Gasteiger partial charge in [0.25, 0.3) is 5.91 Å². The summed E-state index contributed by atoms with van der Waals surface area (Å²) in [7, 11) is 1.90. The Labute approximate surface area is 118 Å². The van der Waals surface area contributed by atoms with E-state index >= 15 is 0 Å². The van der Waals surface area contributed by atoms with E-state index in [1.165, 1.54) is 0 Å². The highest BCUT2D eigenvalue weighted by Gasteiger charge is 2.31. The highest BCUT2D eigenvalue weighted by Crippen LogP contribution is 2.35. The van der Waals surface area contributed by atoms with Crippen LogP contribution in [0.3, 0.4) is 0 Å². The van der Waals surface area contributed by atoms with Gasteiger partial charge in [-0.3, -0.25) is 9.48 Å². The van der Waals surface area contributed by atoms with Crippen LogP contribution in [-0.4, -0.2) is 15.7 Å². The number of anilines is 2. The summed E-state index contributed by atoms with van der Waals surface area (Å²) in [5, 5.41) is 10.6. The number of carbonyl (C=O) groups is 1. The molecule has 104 valence electrons. The van der Waals surface area contributed by atoms with Crippen molar-refractivity contribution in [1.29, 1.82) is 0 Å². The van der Waals surface area contributed by atoms with E-state index in [1.807, 2.05) is 50.7 Å². The van der Waals surface area contributed by atoms with Crippen LogP contribution in [0.15, 0.2) is 18.2 Å². The lowest BCUT2D eigenvalue weighted by atomic mass is 10.0. The number of aromatic nitrogens is 2. The van der Waals surface area contributed by atoms with Crippen LogP contribution < -0.4 is 10.6 Å². The summed E-state index contributed by atoms with van der Waals surface area (Å²) in [6, 6.07) is 5.65. The first-order valence-electron chi connectivity index (χ1n) is 6.65. The fourth-order valence-corrected chi connectivity index (χ4v) is 2.65. The first kappa shape index (κ1) is 12.7. The second kappa shape index (κ2) is 4.37. The molecule has 1 aromatic carbocycles. The predicted molar refractivity (Wildman–Crippen MR) is 78.9 cm³/mol. The van der Waals surface area contributed by atoms with Crippen molar-refractivity contribution in [2.24, 2.45) is 7.05 Å². The molecule has 1 aliphatic heterocycles. The highest BCUT2D eigenvalue weighted by atomic mass is 16.2. The molecule has 0 saturated carbocycles. The third kappa shape index (κ3) is 1.86. The summed E-state index contributed by atoms with van der Waals surface area (Å²) in [6.45, 7) is 5.96. The molecular weight excluding hydrogens is 252 g/mol. The van der Waals surface area contributed by atoms with Gasteiger partial charge >= 0.3 is 0 Å². The second-order valence-corrected chi connectivity index (χ2v) is 5.33. The summed E-state index contributed by atoms with van der Waals surface area (Å²) in [6.07, 6.45) is 0. The topological polar surface area (TPSA) is 59.0 Å². The third-order valence-corrected chi connectivity index (χ3v) is 3.84. The molecule has 0 aliphatic carbocycles. The van der Waals surface area contributed by atoms with Gasteiger partial charge in [-0.25, -0.2) is 0 Å². The Morgan fingerprint density at radius 3 is 2.70 bits per heavy atom. The molecule has 0 radical (unpaired) electrons. The van der Waals surface area contributed by atoms with Crippen molar-refractivity contribution in [3.05, 3.63) is 40.7 Å². The standard InChI is InChI=1S/C15H18N4O/c1-8-5-6-12-11(7-8)14(15(20)16-12)17-13-9(2)18-19(4)10(13)3/h5-7,14,17H,1-4H3,(H,16,20). The number of amides is 1. The molecule has 2 heterocycles. The first-order valence-corrected chi connectivity index (χ1v) is 6.65. The lowest BCUT2D eigenvalue weighted by molar-refractivity contribution is -0.116. The molecule has 3 rings (SSSR count). The fourth-order valence-electron chi connectivity index (χ4n) is 2.65. The average molecular weight is 270 g/mol. The number of fused-ring (bicyclic) bond motifs is 1. The molecule has 0 bridgehead atoms. The van der Waals surface area contributed by atoms with Crippen LogP contribution in [0.4, 0.5) is 11.4 Å². The highest BCUT2D eigenvalue weighted by molar-refractivity contribution is 6.04. The molecule has 1 aliphatic rings. The number of nitrogens with zero attached hydrogens (tertiary/aromatic N) is 2. The van der Waals surface area contributed by atoms with Gasteiger partial charge in [-0.05, 0) is 26.8 Å². The van der Waals surface area contributed by atoms with Crippen LogP contribution in [0.1, 0.15) is 28.6 Å². The Morgan fingerprint density at radius 2 is 2.05 bits per heavy atom. The second-order valence-electron chi connectivity index (χ2n) is 5.33. The molecule has 5 nitrogen and oxygen atoms in total. The zero-order valence-corrected chi connectivity index (χ0v) is 12.1. The predicted octanol–water partition coefficient (Wildman–Crippen LogP) is 2.45. The van der Waals surface area contributed by atoms with Gasteiger partial charge in [0.1, 0.15) is 6.04 Å². The molecule has 1 aromatic heterocycles. The van der Waals surface area contributed by atoms with E-state index in [9.17, 15) is 4.79 Å². The molecule has 2 N–H and O–H groups in total. The van der Waals surface area contributed by atoms with Crippen LogP contribution in [0.25, 0.3) is 0 Å². The lowest BCUT2D eigenvalue weighted by Gasteiger charge is -2.13. The minimum Gasteiger partial charge on any atom is -0.367 e. The van der Waals surface area contributed by atoms with Gasteiger partial charge in [0.15, 0.2) is 0 Å². The van der Waals surface area contributed by atoms with Crippen molar-refractivity contribution < 1.29 is 4.79 Å². The Hall–Kier alpha value is -2.30. The van der Waals surface area contributed by atoms with Crippen molar-refractivity contribution >= 4 is 17.3 Å². The molecule has 0 saturated heterocycles. The maximum atomic E-state index is 12.2. The number of aryl methyl sites for hydroxylation is 3. The first-order chi connectivity index (χ1) is 9.47. The zero-order valence-electron chi connectivity index (χ0n) is 12.1. The number of rotatable bonds is 2. The van der Waals surface area contributed by atoms with Crippen LogP contribution in [0.5, 0.6) is 0 Å². The summed E-state index contributed by atoms with van der Waals surface area (Å²) < 4.78 is 1.82. The molecule has 20 heavy (non-hydrogen) atoms. The minimum atomic E-state index is -0.355. The van der Waals surface area contributed by atoms with Crippen LogP contribution in [-0.2, 0) is 11.8 Å². The lowest BCUT2D eigenvalue weighted by Crippen LogP contribution is -2.20. The minimum absolute atomic E-state index is 0.0201. The van der Waals surface area contributed by atoms with Gasteiger partial charge in [0.2, 0.25) is 0 Å². The molecule has 5 heteroatoms. The fraction of sp³-hybridized carbons (Fsp3) is 0.333. The zero-order chi connectivity index (χ0) is 14.4. The van der Waals surface area contributed by atoms with Gasteiger partial charge in [-0.2, -0.15) is 5.10 Å². The van der Waals surface area contributed by atoms with Crippen molar-refractivity contribution in [2.45, 2.75) is 26.8 Å². The van der Waals surface area contributed by atoms with Crippen LogP contribution >= 0.6 is 0 Å². The van der Waals surface area contributed by atoms with Crippen molar-refractivity contribution in [1.82, 2.24) is 9.78 Å². The van der Waals surface area contributed by atoms with E-state index in [4.69, 9.17) is 0 Å². The van der Waals surface area contributed by atoms with E-state index in [0.717, 1.165) is 33.9 Å². The van der Waals surface area contributed by atoms with Gasteiger partial charge in [-0.1, -0.05) is 17.7 Å². The number of hydrogen-bond donors (Lipinski definition) is 2. The van der Waals surface area contributed by atoms with E-state index in [1.54, 1.807) is 0 Å². The summed E-state index contributed by atoms with van der Waals surface area (Å²) >= 11 is 0. The Bertz CT molecular complexity index is 702. The smallest absolute Gasteiger partial charge is 0.251 e. The summed E-state index contributed by atoms with van der Waals surface area (Å²) in [5.41, 5.74) is 5.89. The van der Waals surface area contributed by atoms with Crippen LogP contribution in [0, 0.1) is 20.8 Å². The average Bonchev–Trinajstić information content (AvgIpc) is 2.82. The molecule has 1 unspecified atom stereocenters. The SMILES string of the molecule is Cc1ccc2c(c1)C(Nc1c(C)nn(C)c1C)C(=O)N2. The summed E-state index contributed by atoms with van der Waals surface area (Å²) in [4.78, 5) is 12.2. The van der Waals surface area contributed by atoms with Gasteiger partial charge < -0.3 is 10.6 Å². The monoisotopic (exact) mass is 270 g/mol. The number of carbonyl (C=O) groups excluding carboxylic acids is 1. The van der Waals surface area contributed by atoms with Crippen LogP contribution in [0.2, 0.25) is 0 Å². The molecule has 0 fully saturated rings. The maximum absolute atomic E-state index is 12.2. The van der Waals surface area contributed by atoms with E-state index in [2.05, 4.69) is 15.7 Å². The largest absolute Gasteiger partial charge is 0.367 e. The third-order valence-electron chi connectivity index (χ3n) is 3.84. The quantitative estimate of drug-likeness (QED) is 0.881. The molecule has 0 spiro atoms. The van der Waals surface area contributed by atoms with E-state index < -0.39 is 0 Å². The number of nitrogens with one attached hydrogen (secondary N) is 2. The van der Waals surface area contributed by atoms with Crippen molar-refractivity contribution in [3.63, 3.8) is 0 Å². The Kier molecular flexibility index (Phi) is 2.78. The molecule has 1 atom stereocenters. The van der Waals surface area contributed by atoms with E-state index in [0.29, 0.717) is 0 Å². The molecular formula is C15H18N4O. The number of benzene rings is 1. The van der Waals surface area contributed by atoms with Gasteiger partial charge in [0, 0.05) is 18.3 Å². The maximum Gasteiger partial charge on any atom is 0.251 e. The Morgan fingerprint density at radius 1 is 1.30 bits per heavy atom. The van der Waals surface area contributed by atoms with Gasteiger partial charge in [0.05, 0.1) is 17.1 Å². The van der Waals surface area contributed by atoms with Crippen molar-refractivity contribution in [3.8, 4) is 0 Å². The molecule has 1 amide bonds. The molecule has 2 aromatic rings. The Balaban J connectivity index is 2.00.